The second kappa shape index (κ2) is 10.7. The van der Waals surface area contributed by atoms with Crippen LogP contribution in [0.15, 0.2) is 72.0 Å². The van der Waals surface area contributed by atoms with Crippen molar-refractivity contribution in [3.8, 4) is 0 Å². The van der Waals surface area contributed by atoms with Crippen LogP contribution in [0.25, 0.3) is 0 Å². The zero-order valence-electron chi connectivity index (χ0n) is 15.7. The number of nitrogens with zero attached hydrogens (tertiary/aromatic N) is 3. The Kier molecular flexibility index (Phi) is 8.32. The molecule has 5 nitrogen and oxygen atoms in total. The van der Waals surface area contributed by atoms with Crippen LogP contribution in [0.1, 0.15) is 22.3 Å². The van der Waals surface area contributed by atoms with Gasteiger partial charge in [-0.05, 0) is 29.7 Å². The molecule has 0 bridgehead atoms. The van der Waals surface area contributed by atoms with Crippen LogP contribution in [0.5, 0.6) is 0 Å². The largest absolute Gasteiger partial charge is 0.352 e. The quantitative estimate of drug-likeness (QED) is 0.325. The fourth-order valence-electron chi connectivity index (χ4n) is 2.74. The van der Waals surface area contributed by atoms with Gasteiger partial charge in [-0.3, -0.25) is 9.67 Å². The Bertz CT molecular complexity index is 841. The molecular formula is C21H26IN5. The molecule has 2 aromatic carbocycles. The maximum Gasteiger partial charge on any atom is 0.191 e. The van der Waals surface area contributed by atoms with Gasteiger partial charge >= 0.3 is 0 Å². The van der Waals surface area contributed by atoms with Crippen molar-refractivity contribution in [3.05, 3.63) is 89.2 Å². The zero-order chi connectivity index (χ0) is 18.2. The van der Waals surface area contributed by atoms with Crippen LogP contribution in [-0.4, -0.2) is 22.8 Å². The molecule has 1 heterocycles. The van der Waals surface area contributed by atoms with Crippen LogP contribution in [0.4, 0.5) is 0 Å². The average Bonchev–Trinajstić information content (AvgIpc) is 3.17. The van der Waals surface area contributed by atoms with E-state index in [1.807, 2.05) is 16.9 Å². The van der Waals surface area contributed by atoms with Crippen molar-refractivity contribution in [3.63, 3.8) is 0 Å². The van der Waals surface area contributed by atoms with E-state index in [-0.39, 0.29) is 24.0 Å². The SMILES string of the molecule is CN=C(NCc1ccc(C)cc1)NCc1ccccc1Cn1cccn1.I. The molecule has 0 spiro atoms. The lowest BCUT2D eigenvalue weighted by atomic mass is 10.1. The summed E-state index contributed by atoms with van der Waals surface area (Å²) < 4.78 is 1.93. The van der Waals surface area contributed by atoms with E-state index in [0.29, 0.717) is 6.54 Å². The number of rotatable bonds is 6. The number of hydrogen-bond donors (Lipinski definition) is 2. The van der Waals surface area contributed by atoms with Gasteiger partial charge in [-0.1, -0.05) is 54.1 Å². The van der Waals surface area contributed by atoms with Crippen molar-refractivity contribution in [2.45, 2.75) is 26.6 Å². The van der Waals surface area contributed by atoms with E-state index in [4.69, 9.17) is 0 Å². The van der Waals surface area contributed by atoms with E-state index in [9.17, 15) is 0 Å². The lowest BCUT2D eigenvalue weighted by molar-refractivity contribution is 0.677. The highest BCUT2D eigenvalue weighted by Crippen LogP contribution is 2.10. The van der Waals surface area contributed by atoms with E-state index >= 15 is 0 Å². The number of aryl methyl sites for hydroxylation is 1. The van der Waals surface area contributed by atoms with E-state index in [0.717, 1.165) is 19.0 Å². The van der Waals surface area contributed by atoms with Gasteiger partial charge in [-0.25, -0.2) is 0 Å². The first-order valence-corrected chi connectivity index (χ1v) is 8.79. The second-order valence-electron chi connectivity index (χ2n) is 6.24. The standard InChI is InChI=1S/C21H25N5.HI/c1-17-8-10-18(11-9-17)14-23-21(22-2)24-15-19-6-3-4-7-20(19)16-26-13-5-12-25-26;/h3-13H,14-16H2,1-2H3,(H2,22,23,24);1H. The van der Waals surface area contributed by atoms with Crippen molar-refractivity contribution in [2.75, 3.05) is 7.05 Å². The number of hydrogen-bond acceptors (Lipinski definition) is 2. The molecule has 0 aliphatic rings. The summed E-state index contributed by atoms with van der Waals surface area (Å²) in [6.07, 6.45) is 3.78. The summed E-state index contributed by atoms with van der Waals surface area (Å²) in [5, 5.41) is 11.1. The van der Waals surface area contributed by atoms with E-state index < -0.39 is 0 Å². The fraction of sp³-hybridized carbons (Fsp3) is 0.238. The molecule has 27 heavy (non-hydrogen) atoms. The van der Waals surface area contributed by atoms with Crippen molar-refractivity contribution in [1.82, 2.24) is 20.4 Å². The van der Waals surface area contributed by atoms with Crippen molar-refractivity contribution in [2.24, 2.45) is 4.99 Å². The zero-order valence-corrected chi connectivity index (χ0v) is 18.1. The van der Waals surface area contributed by atoms with Crippen LogP contribution < -0.4 is 10.6 Å². The van der Waals surface area contributed by atoms with Crippen LogP contribution in [0.3, 0.4) is 0 Å². The van der Waals surface area contributed by atoms with Gasteiger partial charge < -0.3 is 10.6 Å². The third-order valence-electron chi connectivity index (χ3n) is 4.26. The highest BCUT2D eigenvalue weighted by molar-refractivity contribution is 14.0. The number of nitrogens with one attached hydrogen (secondary N) is 2. The molecule has 1 aromatic heterocycles. The fourth-order valence-corrected chi connectivity index (χ4v) is 2.74. The average molecular weight is 475 g/mol. The van der Waals surface area contributed by atoms with Gasteiger partial charge in [0.2, 0.25) is 0 Å². The van der Waals surface area contributed by atoms with Crippen LogP contribution >= 0.6 is 24.0 Å². The Labute approximate surface area is 177 Å². The number of guanidine groups is 1. The molecule has 0 aliphatic carbocycles. The summed E-state index contributed by atoms with van der Waals surface area (Å²) in [4.78, 5) is 4.32. The topological polar surface area (TPSA) is 54.2 Å². The van der Waals surface area contributed by atoms with Crippen LogP contribution in [0, 0.1) is 6.92 Å². The molecular weight excluding hydrogens is 449 g/mol. The smallest absolute Gasteiger partial charge is 0.191 e. The van der Waals surface area contributed by atoms with Gasteiger partial charge in [-0.15, -0.1) is 24.0 Å². The van der Waals surface area contributed by atoms with E-state index in [2.05, 4.69) is 76.2 Å². The molecule has 3 rings (SSSR count). The highest BCUT2D eigenvalue weighted by Gasteiger charge is 2.05. The molecule has 0 saturated heterocycles. The molecule has 0 fully saturated rings. The summed E-state index contributed by atoms with van der Waals surface area (Å²) >= 11 is 0. The molecule has 0 atom stereocenters. The monoisotopic (exact) mass is 475 g/mol. The Hall–Kier alpha value is -2.35. The first-order chi connectivity index (χ1) is 12.7. The first-order valence-electron chi connectivity index (χ1n) is 8.79. The Balaban J connectivity index is 0.00000261. The summed E-state index contributed by atoms with van der Waals surface area (Å²) in [5.41, 5.74) is 4.99. The predicted octanol–water partition coefficient (Wildman–Crippen LogP) is 3.72. The Morgan fingerprint density at radius 2 is 1.67 bits per heavy atom. The van der Waals surface area contributed by atoms with Crippen LogP contribution in [-0.2, 0) is 19.6 Å². The number of halogens is 1. The van der Waals surface area contributed by atoms with Crippen LogP contribution in [0.2, 0.25) is 0 Å². The second-order valence-corrected chi connectivity index (χ2v) is 6.24. The predicted molar refractivity (Wildman–Crippen MR) is 121 cm³/mol. The number of aromatic nitrogens is 2. The van der Waals surface area contributed by atoms with Gasteiger partial charge in [-0.2, -0.15) is 5.10 Å². The molecule has 0 radical (unpaired) electrons. The van der Waals surface area contributed by atoms with Gasteiger partial charge in [0, 0.05) is 32.5 Å². The van der Waals surface area contributed by atoms with E-state index in [1.165, 1.54) is 22.3 Å². The highest BCUT2D eigenvalue weighted by atomic mass is 127. The maximum absolute atomic E-state index is 4.32. The third kappa shape index (κ3) is 6.39. The van der Waals surface area contributed by atoms with Crippen molar-refractivity contribution >= 4 is 29.9 Å². The maximum atomic E-state index is 4.32. The molecule has 0 amide bonds. The minimum atomic E-state index is 0. The van der Waals surface area contributed by atoms with Gasteiger partial charge in [0.1, 0.15) is 0 Å². The number of benzene rings is 2. The molecule has 0 aliphatic heterocycles. The lowest BCUT2D eigenvalue weighted by Crippen LogP contribution is -2.36. The number of aliphatic imine (C=N–C) groups is 1. The minimum absolute atomic E-state index is 0. The van der Waals surface area contributed by atoms with Gasteiger partial charge in [0.25, 0.3) is 0 Å². The third-order valence-corrected chi connectivity index (χ3v) is 4.26. The molecule has 3 aromatic rings. The summed E-state index contributed by atoms with van der Waals surface area (Å²) in [7, 11) is 1.79. The van der Waals surface area contributed by atoms with Crippen molar-refractivity contribution < 1.29 is 0 Å². The molecule has 142 valence electrons. The molecule has 0 saturated carbocycles. The molecule has 6 heteroatoms. The summed E-state index contributed by atoms with van der Waals surface area (Å²) in [6, 6.07) is 18.9. The van der Waals surface area contributed by atoms with Gasteiger partial charge in [0.05, 0.1) is 6.54 Å². The van der Waals surface area contributed by atoms with Crippen molar-refractivity contribution in [1.29, 1.82) is 0 Å². The summed E-state index contributed by atoms with van der Waals surface area (Å²) in [5.74, 6) is 0.791. The molecule has 0 unspecified atom stereocenters. The Morgan fingerprint density at radius 1 is 0.963 bits per heavy atom. The Morgan fingerprint density at radius 3 is 2.33 bits per heavy atom. The lowest BCUT2D eigenvalue weighted by Gasteiger charge is -2.14. The summed E-state index contributed by atoms with van der Waals surface area (Å²) in [6.45, 7) is 4.32. The minimum Gasteiger partial charge on any atom is -0.352 e. The van der Waals surface area contributed by atoms with Gasteiger partial charge in [0.15, 0.2) is 5.96 Å². The molecule has 2 N–H and O–H groups in total. The normalized spacial score (nSPS) is 11.0. The first kappa shape index (κ1) is 21.0. The van der Waals surface area contributed by atoms with E-state index in [1.54, 1.807) is 13.2 Å².